The lowest BCUT2D eigenvalue weighted by Gasteiger charge is -2.21. The summed E-state index contributed by atoms with van der Waals surface area (Å²) in [5, 5.41) is 9.22. The zero-order valence-electron chi connectivity index (χ0n) is 14.4. The molecule has 0 bridgehead atoms. The molecule has 0 atom stereocenters. The molecule has 136 valence electrons. The molecule has 0 saturated heterocycles. The van der Waals surface area contributed by atoms with Crippen LogP contribution in [0.1, 0.15) is 29.4 Å². The zero-order chi connectivity index (χ0) is 19.0. The smallest absolute Gasteiger partial charge is 0.307 e. The molecule has 1 aliphatic heterocycles. The van der Waals surface area contributed by atoms with Crippen molar-refractivity contribution in [1.82, 2.24) is 0 Å². The van der Waals surface area contributed by atoms with Crippen molar-refractivity contribution in [1.29, 1.82) is 0 Å². The van der Waals surface area contributed by atoms with E-state index in [1.807, 2.05) is 12.3 Å². The van der Waals surface area contributed by atoms with Crippen LogP contribution in [0, 0.1) is 0 Å². The van der Waals surface area contributed by atoms with Crippen molar-refractivity contribution in [2.24, 2.45) is 4.99 Å². The van der Waals surface area contributed by atoms with Crippen molar-refractivity contribution in [3.8, 4) is 0 Å². The fraction of sp³-hybridized carbons (Fsp3) is 0.278. The Balaban J connectivity index is 2.20. The predicted molar refractivity (Wildman–Crippen MR) is 99.6 cm³/mol. The number of halogens is 1. The summed E-state index contributed by atoms with van der Waals surface area (Å²) < 4.78 is 20.7. The molecule has 0 aromatic carbocycles. The van der Waals surface area contributed by atoms with Crippen LogP contribution in [0.5, 0.6) is 0 Å². The second-order valence-corrected chi connectivity index (χ2v) is 7.90. The minimum atomic E-state index is -1.04. The number of hydrogen-bond acceptors (Lipinski definition) is 6. The number of hydrogen-bond donors (Lipinski definition) is 1. The normalized spacial score (nSPS) is 16.8. The Bertz CT molecular complexity index is 937. The number of methoxy groups -OCH3 is 1. The summed E-state index contributed by atoms with van der Waals surface area (Å²) in [4.78, 5) is 29.2. The van der Waals surface area contributed by atoms with Crippen LogP contribution in [0.2, 0.25) is 0 Å². The lowest BCUT2D eigenvalue weighted by Crippen LogP contribution is -2.20. The standard InChI is InChI=1S/C18H16FNO4S2/c1-8-9(6-13(21)22)15-11(20-8)7-10(19)18(24-2)16(15)17(23)12-4-5-14(25-3)26-12/h4-5H,6-7H2,1-3H3,(H,21,22). The Morgan fingerprint density at radius 3 is 2.73 bits per heavy atom. The molecule has 1 N–H and O–H groups in total. The lowest BCUT2D eigenvalue weighted by atomic mass is 9.85. The fourth-order valence-electron chi connectivity index (χ4n) is 3.05. The number of carboxylic acids is 1. The molecule has 2 aliphatic rings. The van der Waals surface area contributed by atoms with Crippen LogP contribution < -0.4 is 0 Å². The van der Waals surface area contributed by atoms with Crippen molar-refractivity contribution >= 4 is 40.6 Å². The molecule has 0 radical (unpaired) electrons. The van der Waals surface area contributed by atoms with Crippen molar-refractivity contribution in [2.75, 3.05) is 13.4 Å². The lowest BCUT2D eigenvalue weighted by molar-refractivity contribution is -0.136. The second kappa shape index (κ2) is 7.20. The van der Waals surface area contributed by atoms with Gasteiger partial charge in [-0.3, -0.25) is 14.6 Å². The summed E-state index contributed by atoms with van der Waals surface area (Å²) in [6.45, 7) is 1.67. The van der Waals surface area contributed by atoms with Crippen LogP contribution in [0.3, 0.4) is 0 Å². The first-order valence-electron chi connectivity index (χ1n) is 7.73. The number of carboxylic acid groups (broad SMARTS) is 1. The van der Waals surface area contributed by atoms with Gasteiger partial charge in [0.25, 0.3) is 0 Å². The number of aliphatic carboxylic acids is 1. The minimum Gasteiger partial charge on any atom is -0.493 e. The van der Waals surface area contributed by atoms with Gasteiger partial charge in [-0.15, -0.1) is 23.1 Å². The van der Waals surface area contributed by atoms with Crippen LogP contribution in [-0.4, -0.2) is 35.9 Å². The molecule has 0 spiro atoms. The Labute approximate surface area is 158 Å². The maximum absolute atomic E-state index is 14.6. The second-order valence-electron chi connectivity index (χ2n) is 5.71. The monoisotopic (exact) mass is 393 g/mol. The Kier molecular flexibility index (Phi) is 5.15. The van der Waals surface area contributed by atoms with Gasteiger partial charge in [0.2, 0.25) is 5.78 Å². The zero-order valence-corrected chi connectivity index (χ0v) is 16.0. The Hall–Kier alpha value is -2.19. The Morgan fingerprint density at radius 1 is 1.42 bits per heavy atom. The number of allylic oxidation sites excluding steroid dienone is 4. The number of ether oxygens (including phenoxy) is 1. The average molecular weight is 393 g/mol. The van der Waals surface area contributed by atoms with Crippen LogP contribution in [0.4, 0.5) is 4.39 Å². The molecule has 1 aliphatic carbocycles. The predicted octanol–water partition coefficient (Wildman–Crippen LogP) is 4.38. The van der Waals surface area contributed by atoms with Crippen molar-refractivity contribution < 1.29 is 23.8 Å². The molecular formula is C18H16FNO4S2. The molecule has 0 amide bonds. The third-order valence-electron chi connectivity index (χ3n) is 4.14. The molecule has 0 fully saturated rings. The van der Waals surface area contributed by atoms with Gasteiger partial charge in [-0.05, 0) is 30.9 Å². The topological polar surface area (TPSA) is 76.0 Å². The van der Waals surface area contributed by atoms with E-state index >= 15 is 0 Å². The Morgan fingerprint density at radius 2 is 2.15 bits per heavy atom. The number of Topliss-reactive ketones (excluding diaryl/α,β-unsaturated/α-hetero) is 1. The van der Waals surface area contributed by atoms with Crippen molar-refractivity contribution in [3.05, 3.63) is 51.0 Å². The number of rotatable bonds is 6. The molecule has 0 unspecified atom stereocenters. The van der Waals surface area contributed by atoms with Gasteiger partial charge in [-0.2, -0.15) is 0 Å². The third-order valence-corrected chi connectivity index (χ3v) is 6.31. The highest BCUT2D eigenvalue weighted by molar-refractivity contribution is 8.00. The van der Waals surface area contributed by atoms with E-state index in [1.165, 1.54) is 30.2 Å². The highest BCUT2D eigenvalue weighted by atomic mass is 32.2. The van der Waals surface area contributed by atoms with E-state index in [0.29, 0.717) is 27.4 Å². The van der Waals surface area contributed by atoms with Gasteiger partial charge in [0.1, 0.15) is 5.83 Å². The van der Waals surface area contributed by atoms with Gasteiger partial charge < -0.3 is 9.84 Å². The maximum atomic E-state index is 14.6. The number of carbonyl (C=O) groups excluding carboxylic acids is 1. The number of aliphatic imine (C=N–C) groups is 1. The van der Waals surface area contributed by atoms with Crippen LogP contribution in [-0.2, 0) is 9.53 Å². The van der Waals surface area contributed by atoms with Gasteiger partial charge >= 0.3 is 5.97 Å². The van der Waals surface area contributed by atoms with E-state index < -0.39 is 11.8 Å². The number of fused-ring (bicyclic) bond motifs is 1. The first-order chi connectivity index (χ1) is 12.4. The molecule has 26 heavy (non-hydrogen) atoms. The molecule has 3 rings (SSSR count). The van der Waals surface area contributed by atoms with E-state index in [2.05, 4.69) is 4.99 Å². The van der Waals surface area contributed by atoms with Crippen LogP contribution >= 0.6 is 23.1 Å². The van der Waals surface area contributed by atoms with Crippen LogP contribution in [0.15, 0.2) is 55.3 Å². The highest BCUT2D eigenvalue weighted by Crippen LogP contribution is 2.42. The molecule has 5 nitrogen and oxygen atoms in total. The SMILES string of the molecule is COC1=C(F)CC2=NC(C)=C(CC(=O)O)C2=C1C(=O)c1ccc(SC)s1. The van der Waals surface area contributed by atoms with Crippen molar-refractivity contribution in [3.63, 3.8) is 0 Å². The molecule has 2 heterocycles. The number of nitrogens with zero attached hydrogens (tertiary/aromatic N) is 1. The van der Waals surface area contributed by atoms with E-state index in [0.717, 1.165) is 4.21 Å². The van der Waals surface area contributed by atoms with Crippen LogP contribution in [0.25, 0.3) is 0 Å². The number of ketones is 1. The van der Waals surface area contributed by atoms with Gasteiger partial charge in [-0.25, -0.2) is 4.39 Å². The molecule has 1 aromatic heterocycles. The van der Waals surface area contributed by atoms with Gasteiger partial charge in [-0.1, -0.05) is 0 Å². The largest absolute Gasteiger partial charge is 0.493 e. The maximum Gasteiger partial charge on any atom is 0.307 e. The van der Waals surface area contributed by atoms with Gasteiger partial charge in [0.15, 0.2) is 5.76 Å². The number of thioether (sulfide) groups is 1. The molecule has 8 heteroatoms. The first kappa shape index (κ1) is 18.6. The molecular weight excluding hydrogens is 377 g/mol. The summed E-state index contributed by atoms with van der Waals surface area (Å²) in [5.74, 6) is -2.14. The number of carbonyl (C=O) groups is 2. The fourth-order valence-corrected chi connectivity index (χ4v) is 4.54. The first-order valence-corrected chi connectivity index (χ1v) is 9.77. The van der Waals surface area contributed by atoms with Gasteiger partial charge in [0.05, 0.1) is 33.9 Å². The van der Waals surface area contributed by atoms with E-state index in [1.54, 1.807) is 13.0 Å². The third kappa shape index (κ3) is 3.14. The summed E-state index contributed by atoms with van der Waals surface area (Å²) in [5.41, 5.74) is 1.75. The quantitative estimate of drug-likeness (QED) is 0.573. The summed E-state index contributed by atoms with van der Waals surface area (Å²) in [6, 6.07) is 3.51. The highest BCUT2D eigenvalue weighted by Gasteiger charge is 2.38. The average Bonchev–Trinajstić information content (AvgIpc) is 3.18. The van der Waals surface area contributed by atoms with E-state index in [-0.39, 0.29) is 30.0 Å². The van der Waals surface area contributed by atoms with Crippen molar-refractivity contribution in [2.45, 2.75) is 24.0 Å². The van der Waals surface area contributed by atoms with E-state index in [9.17, 15) is 19.1 Å². The minimum absolute atomic E-state index is 0.0533. The van der Waals surface area contributed by atoms with E-state index in [4.69, 9.17) is 4.74 Å². The molecule has 1 aromatic rings. The number of thiophene rings is 1. The van der Waals surface area contributed by atoms with Gasteiger partial charge in [0, 0.05) is 17.7 Å². The summed E-state index contributed by atoms with van der Waals surface area (Å²) >= 11 is 2.82. The molecule has 0 saturated carbocycles. The summed E-state index contributed by atoms with van der Waals surface area (Å²) in [7, 11) is 1.30. The summed E-state index contributed by atoms with van der Waals surface area (Å²) in [6.07, 6.45) is 1.50.